The van der Waals surface area contributed by atoms with Gasteiger partial charge in [0.15, 0.2) is 0 Å². The van der Waals surface area contributed by atoms with Crippen molar-refractivity contribution in [3.63, 3.8) is 0 Å². The van der Waals surface area contributed by atoms with Crippen molar-refractivity contribution in [3.05, 3.63) is 59.2 Å². The lowest BCUT2D eigenvalue weighted by molar-refractivity contribution is -0.137. The van der Waals surface area contributed by atoms with Crippen LogP contribution >= 0.6 is 0 Å². The lowest BCUT2D eigenvalue weighted by Crippen LogP contribution is -2.28. The van der Waals surface area contributed by atoms with Crippen molar-refractivity contribution in [2.75, 3.05) is 16.8 Å². The standard InChI is InChI=1S/C22H23F3N2O2/c1-13(2)19-9-8-18(10-14(19)3)27-12-15(11-20(27)28)21(29)26-17-6-4-16(5-7-17)22(23,24)25/h4-10,13,15H,11-12H2,1-3H3,(H,26,29)/t15-/m0/s1. The van der Waals surface area contributed by atoms with E-state index in [-0.39, 0.29) is 30.5 Å². The van der Waals surface area contributed by atoms with Crippen molar-refractivity contribution < 1.29 is 22.8 Å². The third-order valence-electron chi connectivity index (χ3n) is 5.16. The van der Waals surface area contributed by atoms with E-state index in [4.69, 9.17) is 0 Å². The molecule has 1 fully saturated rings. The molecular formula is C22H23F3N2O2. The van der Waals surface area contributed by atoms with Gasteiger partial charge in [0.05, 0.1) is 11.5 Å². The summed E-state index contributed by atoms with van der Waals surface area (Å²) in [7, 11) is 0. The highest BCUT2D eigenvalue weighted by Crippen LogP contribution is 2.31. The van der Waals surface area contributed by atoms with Gasteiger partial charge in [-0.2, -0.15) is 13.2 Å². The molecule has 2 aromatic carbocycles. The number of nitrogens with zero attached hydrogens (tertiary/aromatic N) is 1. The van der Waals surface area contributed by atoms with E-state index in [2.05, 4.69) is 19.2 Å². The fraction of sp³-hybridized carbons (Fsp3) is 0.364. The van der Waals surface area contributed by atoms with Gasteiger partial charge in [0.1, 0.15) is 0 Å². The predicted octanol–water partition coefficient (Wildman–Crippen LogP) is 5.13. The van der Waals surface area contributed by atoms with Crippen molar-refractivity contribution in [1.82, 2.24) is 0 Å². The van der Waals surface area contributed by atoms with Crippen LogP contribution in [0.1, 0.15) is 42.9 Å². The van der Waals surface area contributed by atoms with E-state index in [0.29, 0.717) is 5.92 Å². The highest BCUT2D eigenvalue weighted by atomic mass is 19.4. The van der Waals surface area contributed by atoms with Gasteiger partial charge in [-0.05, 0) is 60.4 Å². The van der Waals surface area contributed by atoms with Crippen molar-refractivity contribution in [1.29, 1.82) is 0 Å². The minimum Gasteiger partial charge on any atom is -0.326 e. The van der Waals surface area contributed by atoms with Crippen LogP contribution in [-0.2, 0) is 15.8 Å². The largest absolute Gasteiger partial charge is 0.416 e. The molecule has 0 aromatic heterocycles. The summed E-state index contributed by atoms with van der Waals surface area (Å²) >= 11 is 0. The lowest BCUT2D eigenvalue weighted by Gasteiger charge is -2.19. The maximum atomic E-state index is 12.6. The summed E-state index contributed by atoms with van der Waals surface area (Å²) in [6.45, 7) is 6.44. The molecule has 0 spiro atoms. The number of rotatable bonds is 4. The molecule has 0 radical (unpaired) electrons. The molecule has 1 aliphatic heterocycles. The molecule has 4 nitrogen and oxygen atoms in total. The first-order valence-corrected chi connectivity index (χ1v) is 9.45. The molecule has 2 aromatic rings. The molecule has 1 heterocycles. The second kappa shape index (κ2) is 7.89. The number of amides is 2. The van der Waals surface area contributed by atoms with E-state index in [9.17, 15) is 22.8 Å². The fourth-order valence-corrected chi connectivity index (χ4v) is 3.60. The summed E-state index contributed by atoms with van der Waals surface area (Å²) in [5.41, 5.74) is 2.53. The predicted molar refractivity (Wildman–Crippen MR) is 106 cm³/mol. The number of halogens is 3. The maximum absolute atomic E-state index is 12.6. The van der Waals surface area contributed by atoms with Crippen LogP contribution in [0.2, 0.25) is 0 Å². The average Bonchev–Trinajstić information content (AvgIpc) is 3.03. The summed E-state index contributed by atoms with van der Waals surface area (Å²) in [5.74, 6) is -0.708. The molecule has 0 aliphatic carbocycles. The number of nitrogens with one attached hydrogen (secondary N) is 1. The van der Waals surface area contributed by atoms with Crippen LogP contribution in [0.15, 0.2) is 42.5 Å². The first-order valence-electron chi connectivity index (χ1n) is 9.45. The van der Waals surface area contributed by atoms with Gasteiger partial charge in [-0.25, -0.2) is 0 Å². The van der Waals surface area contributed by atoms with Gasteiger partial charge >= 0.3 is 6.18 Å². The Balaban J connectivity index is 1.68. The molecular weight excluding hydrogens is 381 g/mol. The molecule has 1 N–H and O–H groups in total. The zero-order valence-corrected chi connectivity index (χ0v) is 16.5. The summed E-state index contributed by atoms with van der Waals surface area (Å²) in [6, 6.07) is 10.1. The van der Waals surface area contributed by atoms with Crippen LogP contribution in [0.5, 0.6) is 0 Å². The Morgan fingerprint density at radius 3 is 2.34 bits per heavy atom. The topological polar surface area (TPSA) is 49.4 Å². The number of carbonyl (C=O) groups is 2. The van der Waals surface area contributed by atoms with Gasteiger partial charge < -0.3 is 10.2 Å². The Labute approximate surface area is 167 Å². The number of carbonyl (C=O) groups excluding carboxylic acids is 2. The molecule has 0 unspecified atom stereocenters. The fourth-order valence-electron chi connectivity index (χ4n) is 3.60. The molecule has 29 heavy (non-hydrogen) atoms. The van der Waals surface area contributed by atoms with E-state index in [0.717, 1.165) is 23.4 Å². The minimum absolute atomic E-state index is 0.0669. The van der Waals surface area contributed by atoms with Gasteiger partial charge in [-0.1, -0.05) is 19.9 Å². The van der Waals surface area contributed by atoms with Crippen LogP contribution in [-0.4, -0.2) is 18.4 Å². The summed E-state index contributed by atoms with van der Waals surface area (Å²) < 4.78 is 37.9. The Kier molecular flexibility index (Phi) is 5.68. The number of hydrogen-bond donors (Lipinski definition) is 1. The van der Waals surface area contributed by atoms with Crippen molar-refractivity contribution in [3.8, 4) is 0 Å². The van der Waals surface area contributed by atoms with E-state index in [1.165, 1.54) is 17.7 Å². The number of anilines is 2. The Bertz CT molecular complexity index is 921. The molecule has 2 amide bonds. The summed E-state index contributed by atoms with van der Waals surface area (Å²) in [5, 5.41) is 2.61. The highest BCUT2D eigenvalue weighted by Gasteiger charge is 2.35. The smallest absolute Gasteiger partial charge is 0.326 e. The van der Waals surface area contributed by atoms with E-state index >= 15 is 0 Å². The molecule has 1 saturated heterocycles. The van der Waals surface area contributed by atoms with Gasteiger partial charge in [0.2, 0.25) is 11.8 Å². The first-order chi connectivity index (χ1) is 13.6. The number of aryl methyl sites for hydroxylation is 1. The zero-order valence-electron chi connectivity index (χ0n) is 16.5. The Morgan fingerprint density at radius 2 is 1.79 bits per heavy atom. The van der Waals surface area contributed by atoms with Crippen LogP contribution in [0.25, 0.3) is 0 Å². The van der Waals surface area contributed by atoms with Crippen LogP contribution < -0.4 is 10.2 Å². The van der Waals surface area contributed by atoms with Crippen molar-refractivity contribution in [2.24, 2.45) is 5.92 Å². The summed E-state index contributed by atoms with van der Waals surface area (Å²) in [4.78, 5) is 26.6. The molecule has 7 heteroatoms. The molecule has 154 valence electrons. The zero-order chi connectivity index (χ0) is 21.3. The quantitative estimate of drug-likeness (QED) is 0.768. The normalized spacial score (nSPS) is 17.1. The molecule has 1 atom stereocenters. The molecule has 0 saturated carbocycles. The Morgan fingerprint density at radius 1 is 1.14 bits per heavy atom. The molecule has 3 rings (SSSR count). The first kappa shape index (κ1) is 20.9. The number of alkyl halides is 3. The van der Waals surface area contributed by atoms with E-state index < -0.39 is 17.7 Å². The average molecular weight is 404 g/mol. The van der Waals surface area contributed by atoms with E-state index in [1.54, 1.807) is 4.90 Å². The SMILES string of the molecule is Cc1cc(N2C[C@@H](C(=O)Nc3ccc(C(F)(F)F)cc3)CC2=O)ccc1C(C)C. The van der Waals surface area contributed by atoms with Gasteiger partial charge in [0.25, 0.3) is 0 Å². The lowest BCUT2D eigenvalue weighted by atomic mass is 9.97. The maximum Gasteiger partial charge on any atom is 0.416 e. The van der Waals surface area contributed by atoms with Gasteiger partial charge in [-0.3, -0.25) is 9.59 Å². The molecule has 1 aliphatic rings. The van der Waals surface area contributed by atoms with Crippen LogP contribution in [0.4, 0.5) is 24.5 Å². The van der Waals surface area contributed by atoms with Gasteiger partial charge in [-0.15, -0.1) is 0 Å². The highest BCUT2D eigenvalue weighted by molar-refractivity contribution is 6.03. The number of hydrogen-bond acceptors (Lipinski definition) is 2. The van der Waals surface area contributed by atoms with Gasteiger partial charge in [0, 0.05) is 24.3 Å². The third kappa shape index (κ3) is 4.60. The van der Waals surface area contributed by atoms with E-state index in [1.807, 2.05) is 25.1 Å². The molecule has 0 bridgehead atoms. The minimum atomic E-state index is -4.43. The Hall–Kier alpha value is -2.83. The van der Waals surface area contributed by atoms with Crippen molar-refractivity contribution >= 4 is 23.2 Å². The van der Waals surface area contributed by atoms with Crippen LogP contribution in [0.3, 0.4) is 0 Å². The second-order valence-electron chi connectivity index (χ2n) is 7.67. The number of benzene rings is 2. The summed E-state index contributed by atoms with van der Waals surface area (Å²) in [6.07, 6.45) is -4.36. The third-order valence-corrected chi connectivity index (χ3v) is 5.16. The second-order valence-corrected chi connectivity index (χ2v) is 7.67. The van der Waals surface area contributed by atoms with Crippen LogP contribution in [0, 0.1) is 12.8 Å². The van der Waals surface area contributed by atoms with Crippen molar-refractivity contribution in [2.45, 2.75) is 39.3 Å². The monoisotopic (exact) mass is 404 g/mol.